The van der Waals surface area contributed by atoms with Crippen molar-refractivity contribution in [1.29, 1.82) is 0 Å². The van der Waals surface area contributed by atoms with Crippen LogP contribution in [-0.2, 0) is 0 Å². The fourth-order valence-corrected chi connectivity index (χ4v) is 10.3. The molecule has 0 fully saturated rings. The second kappa shape index (κ2) is 14.5. The summed E-state index contributed by atoms with van der Waals surface area (Å²) in [7, 11) is 0. The van der Waals surface area contributed by atoms with Crippen molar-refractivity contribution >= 4 is 81.3 Å². The topological polar surface area (TPSA) is 16.4 Å². The predicted octanol–water partition coefficient (Wildman–Crippen LogP) is 17.2. The predicted molar refractivity (Wildman–Crippen MR) is 261 cm³/mol. The number of thiophene rings is 1. The largest absolute Gasteiger partial charge is 0.455 e. The third-order valence-electron chi connectivity index (χ3n) is 12.1. The van der Waals surface area contributed by atoms with Crippen molar-refractivity contribution in [2.24, 2.45) is 0 Å². The van der Waals surface area contributed by atoms with Gasteiger partial charge in [0.05, 0.1) is 16.8 Å². The number of hydrogen-bond donors (Lipinski definition) is 0. The van der Waals surface area contributed by atoms with E-state index in [9.17, 15) is 0 Å². The van der Waals surface area contributed by atoms with E-state index < -0.39 is 0 Å². The van der Waals surface area contributed by atoms with Crippen LogP contribution in [0.1, 0.15) is 0 Å². The van der Waals surface area contributed by atoms with Crippen LogP contribution in [0.5, 0.6) is 0 Å². The summed E-state index contributed by atoms with van der Waals surface area (Å²) >= 11 is 1.85. The highest BCUT2D eigenvalue weighted by Crippen LogP contribution is 2.50. The lowest BCUT2D eigenvalue weighted by Gasteiger charge is -2.28. The van der Waals surface area contributed by atoms with E-state index in [1.54, 1.807) is 0 Å². The van der Waals surface area contributed by atoms with Crippen LogP contribution in [0.15, 0.2) is 229 Å². The van der Waals surface area contributed by atoms with E-state index in [1.165, 1.54) is 64.3 Å². The molecule has 0 aliphatic rings. The minimum absolute atomic E-state index is 0.870. The van der Waals surface area contributed by atoms with Crippen molar-refractivity contribution in [3.05, 3.63) is 224 Å². The van der Waals surface area contributed by atoms with Gasteiger partial charge in [0, 0.05) is 36.8 Å². The molecule has 0 saturated carbocycles. The molecule has 0 unspecified atom stereocenters. The van der Waals surface area contributed by atoms with Gasteiger partial charge in [-0.25, -0.2) is 0 Å². The number of anilines is 3. The Bertz CT molecular complexity index is 3570. The summed E-state index contributed by atoms with van der Waals surface area (Å²) in [5, 5.41) is 7.11. The average Bonchev–Trinajstić information content (AvgIpc) is 3.92. The first-order valence-corrected chi connectivity index (χ1v) is 21.6. The first kappa shape index (κ1) is 35.2. The average molecular weight is 796 g/mol. The third kappa shape index (κ3) is 6.01. The molecule has 0 aliphatic heterocycles. The van der Waals surface area contributed by atoms with E-state index in [0.717, 1.165) is 50.1 Å². The number of fused-ring (bicyclic) bond motifs is 7. The van der Waals surface area contributed by atoms with Crippen LogP contribution in [0.25, 0.3) is 97.4 Å². The zero-order valence-corrected chi connectivity index (χ0v) is 33.9. The second-order valence-electron chi connectivity index (χ2n) is 15.6. The summed E-state index contributed by atoms with van der Waals surface area (Å²) in [4.78, 5) is 2.46. The molecular formula is C58H37NOS. The first-order chi connectivity index (χ1) is 30.2. The quantitative estimate of drug-likeness (QED) is 0.160. The maximum Gasteiger partial charge on any atom is 0.145 e. The van der Waals surface area contributed by atoms with Gasteiger partial charge in [-0.3, -0.25) is 0 Å². The fourth-order valence-electron chi connectivity index (χ4n) is 9.18. The first-order valence-electron chi connectivity index (χ1n) is 20.7. The lowest BCUT2D eigenvalue weighted by atomic mass is 9.91. The number of furan rings is 1. The van der Waals surface area contributed by atoms with Crippen molar-refractivity contribution in [1.82, 2.24) is 0 Å². The van der Waals surface area contributed by atoms with E-state index in [4.69, 9.17) is 4.42 Å². The van der Waals surface area contributed by atoms with Gasteiger partial charge in [0.1, 0.15) is 11.2 Å². The Balaban J connectivity index is 1.10. The van der Waals surface area contributed by atoms with Crippen LogP contribution >= 0.6 is 11.3 Å². The summed E-state index contributed by atoms with van der Waals surface area (Å²) < 4.78 is 9.35. The van der Waals surface area contributed by atoms with E-state index >= 15 is 0 Å². The Morgan fingerprint density at radius 2 is 0.918 bits per heavy atom. The zero-order valence-electron chi connectivity index (χ0n) is 33.1. The summed E-state index contributed by atoms with van der Waals surface area (Å²) in [6.45, 7) is 0. The molecule has 286 valence electrons. The molecule has 10 aromatic carbocycles. The molecular weight excluding hydrogens is 759 g/mol. The van der Waals surface area contributed by atoms with Crippen LogP contribution in [0, 0.1) is 0 Å². The number of para-hydroxylation sites is 1. The third-order valence-corrected chi connectivity index (χ3v) is 13.2. The van der Waals surface area contributed by atoms with Gasteiger partial charge in [-0.2, -0.15) is 0 Å². The highest BCUT2D eigenvalue weighted by atomic mass is 32.1. The molecule has 2 aromatic heterocycles. The molecule has 0 radical (unpaired) electrons. The Labute approximate surface area is 357 Å². The Kier molecular flexibility index (Phi) is 8.39. The molecule has 2 heterocycles. The van der Waals surface area contributed by atoms with E-state index in [-0.39, 0.29) is 0 Å². The maximum absolute atomic E-state index is 6.84. The number of rotatable bonds is 7. The van der Waals surface area contributed by atoms with Crippen molar-refractivity contribution in [3.63, 3.8) is 0 Å². The molecule has 0 bridgehead atoms. The molecule has 0 saturated heterocycles. The van der Waals surface area contributed by atoms with E-state index in [0.29, 0.717) is 0 Å². The van der Waals surface area contributed by atoms with Gasteiger partial charge in [-0.05, 0) is 110 Å². The van der Waals surface area contributed by atoms with Crippen LogP contribution in [0.3, 0.4) is 0 Å². The van der Waals surface area contributed by atoms with Crippen molar-refractivity contribution < 1.29 is 4.42 Å². The SMILES string of the molecule is c1ccc(-c2ccc3c(c2)sc2cccc(N(c4ccc(-c5cc6ccccc6cc5-c5ccccc5)cc4)c4ccc(-c5ccccc5)c5oc6ccccc6c45)c23)cc1. The monoisotopic (exact) mass is 795 g/mol. The molecule has 12 rings (SSSR count). The Hall–Kier alpha value is -7.72. The molecule has 3 heteroatoms. The zero-order chi connectivity index (χ0) is 40.3. The second-order valence-corrected chi connectivity index (χ2v) is 16.7. The van der Waals surface area contributed by atoms with Gasteiger partial charge >= 0.3 is 0 Å². The van der Waals surface area contributed by atoms with Gasteiger partial charge < -0.3 is 9.32 Å². The minimum Gasteiger partial charge on any atom is -0.455 e. The van der Waals surface area contributed by atoms with Crippen LogP contribution < -0.4 is 4.90 Å². The van der Waals surface area contributed by atoms with Crippen LogP contribution in [0.2, 0.25) is 0 Å². The highest BCUT2D eigenvalue weighted by Gasteiger charge is 2.25. The molecule has 61 heavy (non-hydrogen) atoms. The van der Waals surface area contributed by atoms with Gasteiger partial charge in [0.25, 0.3) is 0 Å². The molecule has 0 amide bonds. The normalized spacial score (nSPS) is 11.6. The van der Waals surface area contributed by atoms with Gasteiger partial charge in [-0.15, -0.1) is 11.3 Å². The number of nitrogens with zero attached hydrogens (tertiary/aromatic N) is 1. The molecule has 0 N–H and O–H groups in total. The summed E-state index contributed by atoms with van der Waals surface area (Å²) in [6, 6.07) is 81.1. The molecule has 0 spiro atoms. The number of benzene rings is 10. The summed E-state index contributed by atoms with van der Waals surface area (Å²) in [5.41, 5.74) is 14.4. The molecule has 12 aromatic rings. The molecule has 2 nitrogen and oxygen atoms in total. The van der Waals surface area contributed by atoms with Crippen molar-refractivity contribution in [2.75, 3.05) is 4.90 Å². The molecule has 0 aliphatic carbocycles. The lowest BCUT2D eigenvalue weighted by molar-refractivity contribution is 0.670. The van der Waals surface area contributed by atoms with E-state index in [1.807, 2.05) is 11.3 Å². The number of hydrogen-bond acceptors (Lipinski definition) is 3. The molecule has 0 atom stereocenters. The maximum atomic E-state index is 6.84. The van der Waals surface area contributed by atoms with Crippen molar-refractivity contribution in [2.45, 2.75) is 0 Å². The van der Waals surface area contributed by atoms with Gasteiger partial charge in [0.2, 0.25) is 0 Å². The minimum atomic E-state index is 0.870. The summed E-state index contributed by atoms with van der Waals surface area (Å²) in [5.74, 6) is 0. The fraction of sp³-hybridized carbons (Fsp3) is 0. The standard InChI is InChI=1S/C58H37NOS/c1-4-15-38(16-5-1)44-29-32-48-55(37-44)61-54-26-14-24-51(56(48)54)59(52-34-33-46(39-17-6-2-7-18-39)58-57(52)47-23-12-13-25-53(47)60-58)45-30-27-41(28-31-45)50-36-43-22-11-10-21-42(43)35-49(50)40-19-8-3-9-20-40/h1-37H. The smallest absolute Gasteiger partial charge is 0.145 e. The highest BCUT2D eigenvalue weighted by molar-refractivity contribution is 7.26. The van der Waals surface area contributed by atoms with Crippen LogP contribution in [0.4, 0.5) is 17.1 Å². The van der Waals surface area contributed by atoms with Gasteiger partial charge in [-0.1, -0.05) is 164 Å². The van der Waals surface area contributed by atoms with Gasteiger partial charge in [0.15, 0.2) is 0 Å². The van der Waals surface area contributed by atoms with E-state index in [2.05, 4.69) is 229 Å². The Morgan fingerprint density at radius 1 is 0.344 bits per heavy atom. The summed E-state index contributed by atoms with van der Waals surface area (Å²) in [6.07, 6.45) is 0. The van der Waals surface area contributed by atoms with Crippen LogP contribution in [-0.4, -0.2) is 0 Å². The lowest BCUT2D eigenvalue weighted by Crippen LogP contribution is -2.11. The Morgan fingerprint density at radius 3 is 1.62 bits per heavy atom. The van der Waals surface area contributed by atoms with Crippen molar-refractivity contribution in [3.8, 4) is 44.5 Å².